The number of rotatable bonds is 5. The number of anilines is 3. The number of hydrogen-bond acceptors (Lipinski definition) is 8. The molecule has 10 nitrogen and oxygen atoms in total. The highest BCUT2D eigenvalue weighted by atomic mass is 15.4. The minimum Gasteiger partial charge on any atom is -0.369 e. The summed E-state index contributed by atoms with van der Waals surface area (Å²) in [6.07, 6.45) is 5.37. The molecule has 0 spiro atoms. The molecule has 0 saturated carbocycles. The number of pyridine rings is 1. The molecule has 1 N–H and O–H groups in total. The highest BCUT2D eigenvalue weighted by Crippen LogP contribution is 2.23. The number of benzene rings is 1. The number of piperazine rings is 1. The van der Waals surface area contributed by atoms with Gasteiger partial charge in [0.15, 0.2) is 17.1 Å². The zero-order valence-corrected chi connectivity index (χ0v) is 19.3. The maximum atomic E-state index is 4.78. The summed E-state index contributed by atoms with van der Waals surface area (Å²) in [7, 11) is 2.17. The minimum atomic E-state index is 0.515. The van der Waals surface area contributed by atoms with Crippen LogP contribution >= 0.6 is 0 Å². The lowest BCUT2D eigenvalue weighted by Gasteiger charge is -2.34. The standard InChI is InChI=1S/C24H26N10/c1-3-33-22-17(15-26-33)4-9-21(29-22)34-23-18(16-27-34)14-25-24(30-23)28-19-5-7-20(8-6-19)32-12-10-31(2)11-13-32/h4-9,14-16H,3,10-13H2,1-2H3,(H,25,28,30). The number of hydrogen-bond donors (Lipinski definition) is 1. The number of nitrogens with one attached hydrogen (secondary N) is 1. The molecule has 0 bridgehead atoms. The third-order valence-corrected chi connectivity index (χ3v) is 6.29. The van der Waals surface area contributed by atoms with Crippen molar-refractivity contribution in [3.8, 4) is 5.82 Å². The average Bonchev–Trinajstić information content (AvgIpc) is 3.48. The highest BCUT2D eigenvalue weighted by Gasteiger charge is 2.15. The van der Waals surface area contributed by atoms with Gasteiger partial charge in [-0.2, -0.15) is 19.9 Å². The van der Waals surface area contributed by atoms with Crippen molar-refractivity contribution in [2.75, 3.05) is 43.4 Å². The molecule has 172 valence electrons. The van der Waals surface area contributed by atoms with Crippen molar-refractivity contribution in [3.63, 3.8) is 0 Å². The summed E-state index contributed by atoms with van der Waals surface area (Å²) in [4.78, 5) is 18.8. The molecule has 1 aliphatic heterocycles. The Morgan fingerprint density at radius 1 is 0.824 bits per heavy atom. The predicted octanol–water partition coefficient (Wildman–Crippen LogP) is 3.08. The lowest BCUT2D eigenvalue weighted by atomic mass is 10.2. The largest absolute Gasteiger partial charge is 0.369 e. The van der Waals surface area contributed by atoms with Gasteiger partial charge in [-0.3, -0.25) is 0 Å². The number of aromatic nitrogens is 7. The Kier molecular flexibility index (Phi) is 5.06. The lowest BCUT2D eigenvalue weighted by Crippen LogP contribution is -2.44. The molecule has 6 rings (SSSR count). The average molecular weight is 455 g/mol. The Hall–Kier alpha value is -4.05. The smallest absolute Gasteiger partial charge is 0.229 e. The normalized spacial score (nSPS) is 14.8. The predicted molar refractivity (Wildman–Crippen MR) is 133 cm³/mol. The van der Waals surface area contributed by atoms with Crippen molar-refractivity contribution in [2.24, 2.45) is 0 Å². The molecule has 0 unspecified atom stereocenters. The third-order valence-electron chi connectivity index (χ3n) is 6.29. The van der Waals surface area contributed by atoms with Gasteiger partial charge in [-0.1, -0.05) is 0 Å². The van der Waals surface area contributed by atoms with Crippen molar-refractivity contribution in [1.82, 2.24) is 39.4 Å². The van der Waals surface area contributed by atoms with Gasteiger partial charge in [-0.15, -0.1) is 0 Å². The van der Waals surface area contributed by atoms with Crippen LogP contribution in [0.15, 0.2) is 55.0 Å². The number of fused-ring (bicyclic) bond motifs is 2. The maximum absolute atomic E-state index is 4.78. The summed E-state index contributed by atoms with van der Waals surface area (Å²) in [5.41, 5.74) is 3.70. The van der Waals surface area contributed by atoms with E-state index in [0.29, 0.717) is 17.4 Å². The van der Waals surface area contributed by atoms with Crippen LogP contribution in [-0.4, -0.2) is 72.6 Å². The SMILES string of the molecule is CCn1ncc2ccc(-n3ncc4cnc(Nc5ccc(N6CCN(C)CC6)cc5)nc43)nc21. The molecule has 5 heterocycles. The van der Waals surface area contributed by atoms with Crippen molar-refractivity contribution >= 4 is 39.4 Å². The summed E-state index contributed by atoms with van der Waals surface area (Å²) in [5, 5.41) is 14.1. The molecule has 1 aromatic carbocycles. The van der Waals surface area contributed by atoms with Gasteiger partial charge in [0.1, 0.15) is 0 Å². The first-order valence-electron chi connectivity index (χ1n) is 11.5. The van der Waals surface area contributed by atoms with Crippen LogP contribution in [0.3, 0.4) is 0 Å². The number of nitrogens with zero attached hydrogens (tertiary/aromatic N) is 9. The molecule has 10 heteroatoms. The van der Waals surface area contributed by atoms with E-state index in [9.17, 15) is 0 Å². The first-order valence-corrected chi connectivity index (χ1v) is 11.5. The van der Waals surface area contributed by atoms with Gasteiger partial charge >= 0.3 is 0 Å². The van der Waals surface area contributed by atoms with E-state index in [4.69, 9.17) is 9.97 Å². The van der Waals surface area contributed by atoms with Crippen LogP contribution in [-0.2, 0) is 6.54 Å². The molecule has 34 heavy (non-hydrogen) atoms. The third kappa shape index (κ3) is 3.71. The molecular weight excluding hydrogens is 428 g/mol. The van der Waals surface area contributed by atoms with Crippen molar-refractivity contribution < 1.29 is 0 Å². The van der Waals surface area contributed by atoms with E-state index in [-0.39, 0.29) is 0 Å². The molecule has 1 saturated heterocycles. The summed E-state index contributed by atoms with van der Waals surface area (Å²) in [6.45, 7) is 7.07. The van der Waals surface area contributed by atoms with Crippen LogP contribution in [0.1, 0.15) is 6.92 Å². The van der Waals surface area contributed by atoms with Gasteiger partial charge in [0.25, 0.3) is 0 Å². The first-order chi connectivity index (χ1) is 16.7. The second kappa shape index (κ2) is 8.38. The van der Waals surface area contributed by atoms with Gasteiger partial charge in [0, 0.05) is 55.7 Å². The monoisotopic (exact) mass is 454 g/mol. The van der Waals surface area contributed by atoms with Crippen LogP contribution in [0.4, 0.5) is 17.3 Å². The van der Waals surface area contributed by atoms with Crippen LogP contribution in [0.2, 0.25) is 0 Å². The van der Waals surface area contributed by atoms with Crippen molar-refractivity contribution in [3.05, 3.63) is 55.0 Å². The fourth-order valence-electron chi connectivity index (χ4n) is 4.29. The van der Waals surface area contributed by atoms with Crippen molar-refractivity contribution in [1.29, 1.82) is 0 Å². The van der Waals surface area contributed by atoms with Crippen LogP contribution in [0.25, 0.3) is 27.9 Å². The topological polar surface area (TPSA) is 92.8 Å². The Labute approximate surface area is 196 Å². The Morgan fingerprint density at radius 3 is 2.41 bits per heavy atom. The summed E-state index contributed by atoms with van der Waals surface area (Å²) in [5.74, 6) is 1.21. The Balaban J connectivity index is 1.26. The number of likely N-dealkylation sites (N-methyl/N-ethyl adjacent to an activating group) is 1. The maximum Gasteiger partial charge on any atom is 0.229 e. The molecule has 0 amide bonds. The lowest BCUT2D eigenvalue weighted by molar-refractivity contribution is 0.313. The van der Waals surface area contributed by atoms with E-state index in [2.05, 4.69) is 61.6 Å². The van der Waals surface area contributed by atoms with E-state index in [0.717, 1.165) is 54.8 Å². The Bertz CT molecular complexity index is 1440. The van der Waals surface area contributed by atoms with Gasteiger partial charge < -0.3 is 15.1 Å². The molecule has 1 fully saturated rings. The number of aryl methyl sites for hydroxylation is 1. The van der Waals surface area contributed by atoms with Gasteiger partial charge in [0.05, 0.1) is 17.8 Å². The Morgan fingerprint density at radius 2 is 1.62 bits per heavy atom. The molecule has 4 aromatic heterocycles. The van der Waals surface area contributed by atoms with Gasteiger partial charge in [-0.05, 0) is 50.4 Å². The first kappa shape index (κ1) is 20.5. The molecular formula is C24H26N10. The molecule has 0 radical (unpaired) electrons. The minimum absolute atomic E-state index is 0.515. The molecule has 0 atom stereocenters. The summed E-state index contributed by atoms with van der Waals surface area (Å²) < 4.78 is 3.61. The second-order valence-electron chi connectivity index (χ2n) is 8.53. The molecule has 5 aromatic rings. The second-order valence-corrected chi connectivity index (χ2v) is 8.53. The zero-order valence-electron chi connectivity index (χ0n) is 19.3. The van der Waals surface area contributed by atoms with Crippen LogP contribution < -0.4 is 10.2 Å². The van der Waals surface area contributed by atoms with E-state index < -0.39 is 0 Å². The van der Waals surface area contributed by atoms with Crippen LogP contribution in [0, 0.1) is 0 Å². The van der Waals surface area contributed by atoms with E-state index in [1.165, 1.54) is 5.69 Å². The van der Waals surface area contributed by atoms with Crippen molar-refractivity contribution in [2.45, 2.75) is 13.5 Å². The summed E-state index contributed by atoms with van der Waals surface area (Å²) >= 11 is 0. The van der Waals surface area contributed by atoms with Gasteiger partial charge in [-0.25, -0.2) is 14.6 Å². The highest BCUT2D eigenvalue weighted by molar-refractivity contribution is 5.79. The fourth-order valence-corrected chi connectivity index (χ4v) is 4.29. The molecule has 1 aliphatic rings. The quantitative estimate of drug-likeness (QED) is 0.433. The summed E-state index contributed by atoms with van der Waals surface area (Å²) in [6, 6.07) is 12.4. The van der Waals surface area contributed by atoms with E-state index in [1.54, 1.807) is 17.1 Å². The molecule has 0 aliphatic carbocycles. The van der Waals surface area contributed by atoms with Crippen LogP contribution in [0.5, 0.6) is 0 Å². The van der Waals surface area contributed by atoms with Gasteiger partial charge in [0.2, 0.25) is 5.95 Å². The zero-order chi connectivity index (χ0) is 23.1. The fraction of sp³-hybridized carbons (Fsp3) is 0.292. The van der Waals surface area contributed by atoms with E-state index in [1.807, 2.05) is 29.9 Å². The van der Waals surface area contributed by atoms with E-state index >= 15 is 0 Å².